The summed E-state index contributed by atoms with van der Waals surface area (Å²) in [6.07, 6.45) is -0.0549. The normalized spacial score (nSPS) is 14.1. The third-order valence-corrected chi connectivity index (χ3v) is 7.23. The quantitative estimate of drug-likeness (QED) is 0.252. The van der Waals surface area contributed by atoms with Crippen molar-refractivity contribution in [2.24, 2.45) is 0 Å². The molecule has 0 spiro atoms. The summed E-state index contributed by atoms with van der Waals surface area (Å²) < 4.78 is 16.3. The molecular weight excluding hydrogens is 599 g/mol. The van der Waals surface area contributed by atoms with E-state index < -0.39 is 29.7 Å². The van der Waals surface area contributed by atoms with Gasteiger partial charge in [-0.1, -0.05) is 53.5 Å². The minimum absolute atomic E-state index is 0.0232. The third-order valence-electron chi connectivity index (χ3n) is 6.44. The van der Waals surface area contributed by atoms with Crippen LogP contribution in [0.4, 0.5) is 17.1 Å². The fourth-order valence-electron chi connectivity index (χ4n) is 4.17. The first-order valence-electron chi connectivity index (χ1n) is 13.2. The summed E-state index contributed by atoms with van der Waals surface area (Å²) in [5, 5.41) is 8.40. The third kappa shape index (κ3) is 8.16. The van der Waals surface area contributed by atoms with Gasteiger partial charge in [-0.25, -0.2) is 0 Å². The van der Waals surface area contributed by atoms with Gasteiger partial charge in [0, 0.05) is 32.3 Å². The number of fused-ring (bicyclic) bond motifs is 1. The number of hydrogen-bond donors (Lipinski definition) is 3. The van der Waals surface area contributed by atoms with Crippen LogP contribution in [0.3, 0.4) is 0 Å². The first-order chi connectivity index (χ1) is 20.5. The lowest BCUT2D eigenvalue weighted by atomic mass is 10.1. The number of rotatable bonds is 11. The van der Waals surface area contributed by atoms with Crippen molar-refractivity contribution in [3.05, 3.63) is 75.8 Å². The summed E-state index contributed by atoms with van der Waals surface area (Å²) in [6, 6.07) is 14.5. The molecule has 0 saturated heterocycles. The molecule has 226 valence electrons. The number of amides is 3. The Morgan fingerprint density at radius 1 is 1.02 bits per heavy atom. The van der Waals surface area contributed by atoms with Gasteiger partial charge in [0.05, 0.1) is 35.7 Å². The molecule has 0 fully saturated rings. The van der Waals surface area contributed by atoms with E-state index in [1.165, 1.54) is 19.2 Å². The van der Waals surface area contributed by atoms with Crippen LogP contribution in [0.2, 0.25) is 10.0 Å². The number of halogens is 2. The molecule has 1 aliphatic heterocycles. The molecule has 4 rings (SSSR count). The predicted molar refractivity (Wildman–Crippen MR) is 163 cm³/mol. The molecule has 0 aliphatic carbocycles. The molecule has 0 unspecified atom stereocenters. The van der Waals surface area contributed by atoms with Gasteiger partial charge in [0.15, 0.2) is 5.75 Å². The molecule has 43 heavy (non-hydrogen) atoms. The summed E-state index contributed by atoms with van der Waals surface area (Å²) in [5.74, 6) is -1.93. The van der Waals surface area contributed by atoms with Crippen LogP contribution < -0.4 is 25.6 Å². The summed E-state index contributed by atoms with van der Waals surface area (Å²) in [5.41, 5.74) is 1.91. The van der Waals surface area contributed by atoms with E-state index in [0.29, 0.717) is 5.69 Å². The Labute approximate surface area is 258 Å². The fraction of sp³-hybridized carbons (Fsp3) is 0.267. The minimum atomic E-state index is -1.00. The van der Waals surface area contributed by atoms with E-state index in [1.807, 2.05) is 44.4 Å². The van der Waals surface area contributed by atoms with Gasteiger partial charge in [-0.05, 0) is 30.2 Å². The van der Waals surface area contributed by atoms with Crippen LogP contribution >= 0.6 is 23.2 Å². The lowest BCUT2D eigenvalue weighted by molar-refractivity contribution is -0.140. The Hall–Kier alpha value is -4.32. The van der Waals surface area contributed by atoms with Crippen LogP contribution in [0.25, 0.3) is 0 Å². The van der Waals surface area contributed by atoms with Gasteiger partial charge >= 0.3 is 5.97 Å². The van der Waals surface area contributed by atoms with Gasteiger partial charge < -0.3 is 35.1 Å². The Bertz CT molecular complexity index is 1530. The number of benzene rings is 3. The van der Waals surface area contributed by atoms with Crippen LogP contribution in [-0.4, -0.2) is 57.5 Å². The van der Waals surface area contributed by atoms with Gasteiger partial charge in [0.2, 0.25) is 11.8 Å². The van der Waals surface area contributed by atoms with Crippen molar-refractivity contribution in [2.45, 2.75) is 25.5 Å². The zero-order chi connectivity index (χ0) is 31.1. The monoisotopic (exact) mass is 628 g/mol. The zero-order valence-corrected chi connectivity index (χ0v) is 25.2. The van der Waals surface area contributed by atoms with Gasteiger partial charge in [0.25, 0.3) is 5.91 Å². The van der Waals surface area contributed by atoms with Gasteiger partial charge in [-0.2, -0.15) is 0 Å². The number of ether oxygens (including phenoxy) is 3. The maximum absolute atomic E-state index is 13.2. The number of nitrogens with one attached hydrogen (secondary N) is 3. The first kappa shape index (κ1) is 31.6. The maximum Gasteiger partial charge on any atom is 0.305 e. The summed E-state index contributed by atoms with van der Waals surface area (Å²) in [7, 11) is 4.87. The van der Waals surface area contributed by atoms with Crippen molar-refractivity contribution in [1.82, 2.24) is 5.32 Å². The molecule has 3 aromatic carbocycles. The van der Waals surface area contributed by atoms with Crippen molar-refractivity contribution in [3.8, 4) is 11.5 Å². The smallest absolute Gasteiger partial charge is 0.305 e. The minimum Gasteiger partial charge on any atom is -0.469 e. The number of carbonyl (C=O) groups excluding carboxylic acids is 4. The molecule has 13 heteroatoms. The number of hydrogen-bond acceptors (Lipinski definition) is 8. The van der Waals surface area contributed by atoms with E-state index in [1.54, 1.807) is 17.0 Å². The highest BCUT2D eigenvalue weighted by Gasteiger charge is 2.30. The molecule has 0 radical (unpaired) electrons. The van der Waals surface area contributed by atoms with Crippen molar-refractivity contribution in [3.63, 3.8) is 0 Å². The van der Waals surface area contributed by atoms with Gasteiger partial charge in [0.1, 0.15) is 23.4 Å². The number of nitrogens with zero attached hydrogens (tertiary/aromatic N) is 1. The molecule has 3 amide bonds. The van der Waals surface area contributed by atoms with Gasteiger partial charge in [-0.3, -0.25) is 19.2 Å². The average molecular weight is 629 g/mol. The standard InChI is InChI=1S/C30H30Cl2N4O7/c1-36(2)18-11-20(31)28(32)25(12-18)43-24-13-19-22(35-30(40)21(34-29(19)39)9-10-27(38)41-3)14-23(24)33-26(37)16-42-15-17-7-5-4-6-8-17/h4-8,11-14,21H,9-10,15-16H2,1-3H3,(H,33,37)(H,34,39)(H,35,40)/t21-/m1/s1. The molecular formula is C30H30Cl2N4O7. The van der Waals surface area contributed by atoms with Crippen LogP contribution in [0.5, 0.6) is 11.5 Å². The highest BCUT2D eigenvalue weighted by molar-refractivity contribution is 6.43. The van der Waals surface area contributed by atoms with E-state index in [9.17, 15) is 19.2 Å². The van der Waals surface area contributed by atoms with E-state index >= 15 is 0 Å². The summed E-state index contributed by atoms with van der Waals surface area (Å²) in [4.78, 5) is 52.5. The molecule has 3 aromatic rings. The molecule has 3 N–H and O–H groups in total. The first-order valence-corrected chi connectivity index (χ1v) is 13.9. The number of esters is 1. The Kier molecular flexibility index (Phi) is 10.5. The molecule has 1 atom stereocenters. The topological polar surface area (TPSA) is 135 Å². The maximum atomic E-state index is 13.2. The van der Waals surface area contributed by atoms with Crippen LogP contribution in [0, 0.1) is 0 Å². The Morgan fingerprint density at radius 3 is 2.47 bits per heavy atom. The summed E-state index contributed by atoms with van der Waals surface area (Å²) in [6.45, 7) is -0.0625. The van der Waals surface area contributed by atoms with Crippen LogP contribution in [0.1, 0.15) is 28.8 Å². The van der Waals surface area contributed by atoms with E-state index in [4.69, 9.17) is 32.7 Å². The van der Waals surface area contributed by atoms with E-state index in [-0.39, 0.29) is 64.5 Å². The Morgan fingerprint density at radius 2 is 1.77 bits per heavy atom. The zero-order valence-electron chi connectivity index (χ0n) is 23.7. The van der Waals surface area contributed by atoms with Crippen molar-refractivity contribution < 1.29 is 33.4 Å². The second-order valence-corrected chi connectivity index (χ2v) is 10.6. The number of carbonyl (C=O) groups is 4. The largest absolute Gasteiger partial charge is 0.469 e. The van der Waals surface area contributed by atoms with Crippen molar-refractivity contribution >= 4 is 64.0 Å². The highest BCUT2D eigenvalue weighted by atomic mass is 35.5. The lowest BCUT2D eigenvalue weighted by Gasteiger charge is -2.19. The molecule has 1 heterocycles. The SMILES string of the molecule is COC(=O)CC[C@H]1NC(=O)c2cc(Oc3cc(N(C)C)cc(Cl)c3Cl)c(NC(=O)COCc3ccccc3)cc2NC1=O. The summed E-state index contributed by atoms with van der Waals surface area (Å²) >= 11 is 12.8. The van der Waals surface area contributed by atoms with Gasteiger partial charge in [-0.15, -0.1) is 0 Å². The average Bonchev–Trinajstić information content (AvgIpc) is 3.09. The van der Waals surface area contributed by atoms with E-state index in [0.717, 1.165) is 5.56 Å². The predicted octanol–water partition coefficient (Wildman–Crippen LogP) is 5.01. The lowest BCUT2D eigenvalue weighted by Crippen LogP contribution is -2.41. The number of methoxy groups -OCH3 is 1. The van der Waals surface area contributed by atoms with E-state index in [2.05, 4.69) is 20.7 Å². The van der Waals surface area contributed by atoms with Crippen molar-refractivity contribution in [2.75, 3.05) is 43.3 Å². The second kappa shape index (κ2) is 14.2. The fourth-order valence-corrected chi connectivity index (χ4v) is 4.52. The molecule has 1 aliphatic rings. The molecule has 0 aromatic heterocycles. The number of anilines is 3. The van der Waals surface area contributed by atoms with Crippen LogP contribution in [0.15, 0.2) is 54.6 Å². The molecule has 0 saturated carbocycles. The second-order valence-electron chi connectivity index (χ2n) is 9.79. The van der Waals surface area contributed by atoms with Crippen molar-refractivity contribution in [1.29, 1.82) is 0 Å². The molecule has 11 nitrogen and oxygen atoms in total. The van der Waals surface area contributed by atoms with Crippen LogP contribution in [-0.2, 0) is 30.5 Å². The Balaban J connectivity index is 1.65. The molecule has 0 bridgehead atoms. The highest BCUT2D eigenvalue weighted by Crippen LogP contribution is 2.42.